The number of hydrogen-bond donors (Lipinski definition) is 1. The van der Waals surface area contributed by atoms with Crippen LogP contribution in [0.1, 0.15) is 51.2 Å². The summed E-state index contributed by atoms with van der Waals surface area (Å²) in [5.41, 5.74) is -0.00478. The summed E-state index contributed by atoms with van der Waals surface area (Å²) in [6.45, 7) is 4.46. The van der Waals surface area contributed by atoms with Crippen LogP contribution in [0.15, 0.2) is 24.3 Å². The average molecular weight is 292 g/mol. The highest BCUT2D eigenvalue weighted by atomic mass is 35.5. The Kier molecular flexibility index (Phi) is 4.73. The smallest absolute Gasteiger partial charge is 0.0990 e. The lowest BCUT2D eigenvalue weighted by molar-refractivity contribution is 0.0191. The molecule has 2 nitrogen and oxygen atoms in total. The van der Waals surface area contributed by atoms with Crippen molar-refractivity contribution in [2.75, 3.05) is 0 Å². The Morgan fingerprint density at radius 2 is 1.90 bits per heavy atom. The topological polar surface area (TPSA) is 44.0 Å². The third-order valence-corrected chi connectivity index (χ3v) is 5.16. The normalized spacial score (nSPS) is 28.1. The minimum absolute atomic E-state index is 0.542. The average Bonchev–Trinajstić information content (AvgIpc) is 2.47. The van der Waals surface area contributed by atoms with E-state index in [-0.39, 0.29) is 0 Å². The van der Waals surface area contributed by atoms with Crippen LogP contribution in [0.4, 0.5) is 0 Å². The second-order valence-electron chi connectivity index (χ2n) is 6.27. The lowest BCUT2D eigenvalue weighted by atomic mass is 9.65. The van der Waals surface area contributed by atoms with Gasteiger partial charge in [-0.15, -0.1) is 0 Å². The zero-order valence-corrected chi connectivity index (χ0v) is 12.9. The molecule has 0 aromatic heterocycles. The minimum atomic E-state index is -0.797. The van der Waals surface area contributed by atoms with Crippen LogP contribution >= 0.6 is 11.6 Å². The molecule has 2 rings (SSSR count). The molecule has 0 saturated heterocycles. The van der Waals surface area contributed by atoms with Crippen molar-refractivity contribution in [1.82, 2.24) is 0 Å². The predicted molar refractivity (Wildman–Crippen MR) is 81.3 cm³/mol. The minimum Gasteiger partial charge on any atom is -0.387 e. The van der Waals surface area contributed by atoms with Gasteiger partial charge in [-0.05, 0) is 43.6 Å². The van der Waals surface area contributed by atoms with E-state index in [2.05, 4.69) is 19.9 Å². The summed E-state index contributed by atoms with van der Waals surface area (Å²) in [6.07, 6.45) is 2.71. The van der Waals surface area contributed by atoms with Gasteiger partial charge in [0.1, 0.15) is 0 Å². The van der Waals surface area contributed by atoms with E-state index in [1.54, 1.807) is 6.07 Å². The van der Waals surface area contributed by atoms with E-state index in [0.29, 0.717) is 22.4 Å². The lowest BCUT2D eigenvalue weighted by Crippen LogP contribution is -2.33. The number of nitriles is 1. The maximum Gasteiger partial charge on any atom is 0.0990 e. The molecule has 0 bridgehead atoms. The van der Waals surface area contributed by atoms with Crippen LogP contribution in [0.3, 0.4) is 0 Å². The molecular formula is C17H22ClNO. The molecule has 20 heavy (non-hydrogen) atoms. The molecular weight excluding hydrogens is 270 g/mol. The van der Waals surface area contributed by atoms with Crippen molar-refractivity contribution in [3.8, 4) is 6.07 Å². The summed E-state index contributed by atoms with van der Waals surface area (Å²) in [4.78, 5) is 0. The Bertz CT molecular complexity index is 498. The van der Waals surface area contributed by atoms with E-state index >= 15 is 0 Å². The van der Waals surface area contributed by atoms with E-state index in [9.17, 15) is 10.4 Å². The molecule has 1 aliphatic carbocycles. The molecule has 1 saturated carbocycles. The van der Waals surface area contributed by atoms with Crippen molar-refractivity contribution in [3.63, 3.8) is 0 Å². The molecule has 0 amide bonds. The first-order chi connectivity index (χ1) is 9.50. The van der Waals surface area contributed by atoms with Crippen LogP contribution in [0.25, 0.3) is 0 Å². The molecule has 1 unspecified atom stereocenters. The highest BCUT2D eigenvalue weighted by Gasteiger charge is 2.43. The second-order valence-corrected chi connectivity index (χ2v) is 6.68. The standard InChI is InChI=1S/C17H22ClNO/c1-12(2)13-7-9-17(11-19,10-8-13)16(20)14-5-3-4-6-15(14)18/h3-6,12-13,16,20H,7-10H2,1-2H3. The molecule has 1 aromatic rings. The first kappa shape index (κ1) is 15.4. The first-order valence-electron chi connectivity index (χ1n) is 7.34. The van der Waals surface area contributed by atoms with Gasteiger partial charge in [0.2, 0.25) is 0 Å². The number of rotatable bonds is 3. The van der Waals surface area contributed by atoms with Gasteiger partial charge >= 0.3 is 0 Å². The summed E-state index contributed by atoms with van der Waals surface area (Å²) >= 11 is 6.17. The van der Waals surface area contributed by atoms with Crippen molar-refractivity contribution in [3.05, 3.63) is 34.9 Å². The number of halogens is 1. The van der Waals surface area contributed by atoms with Gasteiger partial charge in [0.05, 0.1) is 17.6 Å². The van der Waals surface area contributed by atoms with Crippen molar-refractivity contribution in [2.45, 2.75) is 45.6 Å². The SMILES string of the molecule is CC(C)C1CCC(C#N)(C(O)c2ccccc2Cl)CC1. The third-order valence-electron chi connectivity index (χ3n) is 4.81. The number of hydrogen-bond acceptors (Lipinski definition) is 2. The van der Waals surface area contributed by atoms with E-state index in [4.69, 9.17) is 11.6 Å². The molecule has 1 aromatic carbocycles. The van der Waals surface area contributed by atoms with Gasteiger partial charge < -0.3 is 5.11 Å². The second kappa shape index (κ2) is 6.16. The summed E-state index contributed by atoms with van der Waals surface area (Å²) in [7, 11) is 0. The van der Waals surface area contributed by atoms with Gasteiger partial charge in [0.25, 0.3) is 0 Å². The maximum atomic E-state index is 10.7. The fourth-order valence-corrected chi connectivity index (χ4v) is 3.50. The Hall–Kier alpha value is -1.04. The largest absolute Gasteiger partial charge is 0.387 e. The zero-order valence-electron chi connectivity index (χ0n) is 12.1. The Morgan fingerprint density at radius 1 is 1.30 bits per heavy atom. The number of aliphatic hydroxyl groups is 1. The Balaban J connectivity index is 2.21. The quantitative estimate of drug-likeness (QED) is 0.875. The maximum absolute atomic E-state index is 10.7. The molecule has 0 aliphatic heterocycles. The van der Waals surface area contributed by atoms with Crippen molar-refractivity contribution < 1.29 is 5.11 Å². The predicted octanol–water partition coefficient (Wildman–Crippen LogP) is 4.73. The molecule has 0 spiro atoms. The van der Waals surface area contributed by atoms with E-state index < -0.39 is 11.5 Å². The lowest BCUT2D eigenvalue weighted by Gasteiger charge is -2.39. The van der Waals surface area contributed by atoms with E-state index in [0.717, 1.165) is 25.7 Å². The van der Waals surface area contributed by atoms with Crippen molar-refractivity contribution in [1.29, 1.82) is 5.26 Å². The number of benzene rings is 1. The van der Waals surface area contributed by atoms with E-state index in [1.807, 2.05) is 18.2 Å². The molecule has 0 radical (unpaired) electrons. The molecule has 0 heterocycles. The Labute approximate surface area is 126 Å². The summed E-state index contributed by atoms with van der Waals surface area (Å²) in [5.74, 6) is 1.30. The molecule has 3 heteroatoms. The van der Waals surface area contributed by atoms with Crippen molar-refractivity contribution in [2.24, 2.45) is 17.3 Å². The first-order valence-corrected chi connectivity index (χ1v) is 7.72. The van der Waals surface area contributed by atoms with Crippen LogP contribution < -0.4 is 0 Å². The highest BCUT2D eigenvalue weighted by molar-refractivity contribution is 6.31. The highest BCUT2D eigenvalue weighted by Crippen LogP contribution is 2.49. The summed E-state index contributed by atoms with van der Waals surface area (Å²) in [5, 5.41) is 20.9. The van der Waals surface area contributed by atoms with Gasteiger partial charge in [-0.3, -0.25) is 0 Å². The molecule has 1 atom stereocenters. The molecule has 1 aliphatic rings. The third kappa shape index (κ3) is 2.85. The number of aliphatic hydroxyl groups excluding tert-OH is 1. The van der Waals surface area contributed by atoms with Gasteiger partial charge in [0, 0.05) is 10.6 Å². The fourth-order valence-electron chi connectivity index (χ4n) is 3.26. The van der Waals surface area contributed by atoms with Gasteiger partial charge in [0.15, 0.2) is 0 Å². The van der Waals surface area contributed by atoms with Gasteiger partial charge in [-0.2, -0.15) is 5.26 Å². The van der Waals surface area contributed by atoms with Crippen LogP contribution in [0.5, 0.6) is 0 Å². The zero-order chi connectivity index (χ0) is 14.8. The van der Waals surface area contributed by atoms with E-state index in [1.165, 1.54) is 0 Å². The molecule has 1 N–H and O–H groups in total. The van der Waals surface area contributed by atoms with Crippen LogP contribution in [0, 0.1) is 28.6 Å². The van der Waals surface area contributed by atoms with Crippen LogP contribution in [-0.4, -0.2) is 5.11 Å². The van der Waals surface area contributed by atoms with Gasteiger partial charge in [-0.25, -0.2) is 0 Å². The Morgan fingerprint density at radius 3 is 2.40 bits per heavy atom. The fraction of sp³-hybridized carbons (Fsp3) is 0.588. The number of nitrogens with zero attached hydrogens (tertiary/aromatic N) is 1. The summed E-state index contributed by atoms with van der Waals surface area (Å²) in [6, 6.07) is 9.68. The van der Waals surface area contributed by atoms with Crippen molar-refractivity contribution >= 4 is 11.6 Å². The monoisotopic (exact) mass is 291 g/mol. The van der Waals surface area contributed by atoms with Crippen LogP contribution in [0.2, 0.25) is 5.02 Å². The molecule has 1 fully saturated rings. The van der Waals surface area contributed by atoms with Gasteiger partial charge in [-0.1, -0.05) is 43.6 Å². The van der Waals surface area contributed by atoms with Crippen LogP contribution in [-0.2, 0) is 0 Å². The summed E-state index contributed by atoms with van der Waals surface area (Å²) < 4.78 is 0. The molecule has 108 valence electrons.